The average molecular weight is 605 g/mol. The van der Waals surface area contributed by atoms with E-state index in [1.54, 1.807) is 0 Å². The maximum atomic E-state index is 13.0. The highest BCUT2D eigenvalue weighted by molar-refractivity contribution is 7.86. The second-order valence-electron chi connectivity index (χ2n) is 8.09. The number of carbonyl (C=O) groups excluding carboxylic acids is 1. The van der Waals surface area contributed by atoms with E-state index in [0.717, 1.165) is 71.4 Å². The molecule has 0 radical (unpaired) electrons. The Bertz CT molecular complexity index is 1970. The minimum absolute atomic E-state index is 0.0184. The van der Waals surface area contributed by atoms with Crippen molar-refractivity contribution < 1.29 is 50.5 Å². The smallest absolute Gasteiger partial charge is 0.357 e. The number of hydrazone groups is 1. The monoisotopic (exact) mass is 604 g/mol. The summed E-state index contributed by atoms with van der Waals surface area (Å²) in [6, 6.07) is 8.38. The molecule has 0 unspecified atom stereocenters. The SMILES string of the molecule is O=C(O)C1=NN(c2ccc(S(=O)(=O)O)cc2)C(=O)/C1=C\C=C/c1c(C(=O)O)[nH]n(-c2ccc(S(=O)(=O)O)cc2)c1=O. The third kappa shape index (κ3) is 5.75. The molecule has 3 aromatic rings. The summed E-state index contributed by atoms with van der Waals surface area (Å²) in [5, 5.41) is 25.8. The van der Waals surface area contributed by atoms with E-state index in [-0.39, 0.29) is 11.4 Å². The topological polar surface area (TPSA) is 254 Å². The number of nitrogens with one attached hydrogen (secondary N) is 1. The van der Waals surface area contributed by atoms with Gasteiger partial charge in [-0.2, -0.15) is 26.9 Å². The number of nitrogens with zero attached hydrogens (tertiary/aromatic N) is 3. The Morgan fingerprint density at radius 3 is 1.78 bits per heavy atom. The Balaban J connectivity index is 1.69. The third-order valence-corrected chi connectivity index (χ3v) is 7.25. The van der Waals surface area contributed by atoms with Gasteiger partial charge in [0, 0.05) is 0 Å². The van der Waals surface area contributed by atoms with Gasteiger partial charge < -0.3 is 10.2 Å². The quantitative estimate of drug-likeness (QED) is 0.177. The van der Waals surface area contributed by atoms with E-state index < -0.39 is 76.0 Å². The van der Waals surface area contributed by atoms with Gasteiger partial charge in [-0.3, -0.25) is 23.8 Å². The summed E-state index contributed by atoms with van der Waals surface area (Å²) in [5.41, 5.74) is -3.08. The summed E-state index contributed by atoms with van der Waals surface area (Å²) in [5.74, 6) is -4.10. The van der Waals surface area contributed by atoms with Crippen LogP contribution in [0.2, 0.25) is 0 Å². The zero-order chi connectivity index (χ0) is 30.3. The molecule has 0 spiro atoms. The van der Waals surface area contributed by atoms with Crippen LogP contribution < -0.4 is 10.6 Å². The highest BCUT2D eigenvalue weighted by Gasteiger charge is 2.35. The molecule has 0 saturated heterocycles. The second kappa shape index (κ2) is 10.4. The van der Waals surface area contributed by atoms with Crippen LogP contribution in [0.25, 0.3) is 11.8 Å². The molecule has 5 N–H and O–H groups in total. The van der Waals surface area contributed by atoms with Crippen molar-refractivity contribution in [2.24, 2.45) is 5.10 Å². The number of amides is 1. The molecular weight excluding hydrogens is 588 g/mol. The van der Waals surface area contributed by atoms with Gasteiger partial charge in [0.1, 0.15) is 0 Å². The number of carboxylic acid groups (broad SMARTS) is 2. The Morgan fingerprint density at radius 2 is 1.32 bits per heavy atom. The summed E-state index contributed by atoms with van der Waals surface area (Å²) in [6.07, 6.45) is 3.01. The number of allylic oxidation sites excluding steroid dienone is 2. The van der Waals surface area contributed by atoms with Crippen molar-refractivity contribution >= 4 is 55.6 Å². The van der Waals surface area contributed by atoms with E-state index >= 15 is 0 Å². The molecular formula is C23H16N4O12S2. The maximum absolute atomic E-state index is 13.0. The van der Waals surface area contributed by atoms with Crippen LogP contribution in [0.4, 0.5) is 5.69 Å². The van der Waals surface area contributed by atoms with Gasteiger partial charge >= 0.3 is 11.9 Å². The zero-order valence-corrected chi connectivity index (χ0v) is 21.7. The molecule has 2 heterocycles. The van der Waals surface area contributed by atoms with E-state index in [1.165, 1.54) is 0 Å². The predicted molar refractivity (Wildman–Crippen MR) is 139 cm³/mol. The van der Waals surface area contributed by atoms with Gasteiger partial charge in [0.2, 0.25) is 0 Å². The van der Waals surface area contributed by atoms with Gasteiger partial charge in [0.05, 0.1) is 32.3 Å². The van der Waals surface area contributed by atoms with Gasteiger partial charge in [-0.15, -0.1) is 0 Å². The van der Waals surface area contributed by atoms with Crippen LogP contribution in [0.15, 0.2) is 85.9 Å². The summed E-state index contributed by atoms with van der Waals surface area (Å²) in [7, 11) is -9.05. The van der Waals surface area contributed by atoms with Crippen molar-refractivity contribution in [1.29, 1.82) is 0 Å². The number of aromatic carboxylic acids is 1. The third-order valence-electron chi connectivity index (χ3n) is 5.52. The molecule has 0 atom stereocenters. The maximum Gasteiger partial charge on any atom is 0.357 e. The van der Waals surface area contributed by atoms with Crippen molar-refractivity contribution in [3.8, 4) is 5.69 Å². The minimum Gasteiger partial charge on any atom is -0.477 e. The van der Waals surface area contributed by atoms with E-state index in [1.807, 2.05) is 0 Å². The Kier molecular flexibility index (Phi) is 7.33. The molecule has 0 saturated carbocycles. The summed E-state index contributed by atoms with van der Waals surface area (Å²) in [4.78, 5) is 48.4. The molecule has 2 aromatic carbocycles. The zero-order valence-electron chi connectivity index (χ0n) is 20.1. The average Bonchev–Trinajstić information content (AvgIpc) is 3.40. The summed E-state index contributed by atoms with van der Waals surface area (Å²) < 4.78 is 64.0. The van der Waals surface area contributed by atoms with Crippen LogP contribution >= 0.6 is 0 Å². The molecule has 1 aliphatic heterocycles. The van der Waals surface area contributed by atoms with Crippen LogP contribution in [-0.4, -0.2) is 69.5 Å². The van der Waals surface area contributed by atoms with Gasteiger partial charge in [0.25, 0.3) is 31.7 Å². The molecule has 18 heteroatoms. The fraction of sp³-hybridized carbons (Fsp3) is 0. The van der Waals surface area contributed by atoms with Crippen molar-refractivity contribution in [3.63, 3.8) is 0 Å². The first kappa shape index (κ1) is 28.8. The molecule has 1 amide bonds. The number of hydrogen-bond acceptors (Lipinski definition) is 9. The van der Waals surface area contributed by atoms with E-state index in [2.05, 4.69) is 10.2 Å². The second-order valence-corrected chi connectivity index (χ2v) is 10.9. The molecule has 16 nitrogen and oxygen atoms in total. The van der Waals surface area contributed by atoms with Crippen molar-refractivity contribution in [3.05, 3.63) is 87.9 Å². The van der Waals surface area contributed by atoms with Gasteiger partial charge in [-0.05, 0) is 60.7 Å². The number of aliphatic carboxylic acids is 1. The first-order valence-electron chi connectivity index (χ1n) is 10.9. The van der Waals surface area contributed by atoms with Gasteiger partial charge in [0.15, 0.2) is 11.4 Å². The lowest BCUT2D eigenvalue weighted by molar-refractivity contribution is -0.129. The fourth-order valence-corrected chi connectivity index (χ4v) is 4.57. The summed E-state index contributed by atoms with van der Waals surface area (Å²) in [6.45, 7) is 0. The lowest BCUT2D eigenvalue weighted by Gasteiger charge is -2.11. The molecule has 1 aliphatic rings. The molecule has 1 aromatic heterocycles. The van der Waals surface area contributed by atoms with Crippen molar-refractivity contribution in [1.82, 2.24) is 9.78 Å². The Hall–Kier alpha value is -5.17. The number of anilines is 1. The van der Waals surface area contributed by atoms with Crippen LogP contribution in [0, 0.1) is 0 Å². The minimum atomic E-state index is -4.53. The summed E-state index contributed by atoms with van der Waals surface area (Å²) >= 11 is 0. The number of carboxylic acids is 2. The van der Waals surface area contributed by atoms with Gasteiger partial charge in [-0.25, -0.2) is 14.3 Å². The first-order chi connectivity index (χ1) is 19.1. The number of aromatic amines is 1. The van der Waals surface area contributed by atoms with Gasteiger partial charge in [-0.1, -0.05) is 6.08 Å². The highest BCUT2D eigenvalue weighted by atomic mass is 32.2. The van der Waals surface area contributed by atoms with Crippen LogP contribution in [0.5, 0.6) is 0 Å². The van der Waals surface area contributed by atoms with Crippen molar-refractivity contribution in [2.45, 2.75) is 9.79 Å². The Labute approximate surface area is 229 Å². The Morgan fingerprint density at radius 1 is 0.805 bits per heavy atom. The molecule has 0 aliphatic carbocycles. The molecule has 4 rings (SSSR count). The van der Waals surface area contributed by atoms with Crippen molar-refractivity contribution in [2.75, 3.05) is 5.01 Å². The fourth-order valence-electron chi connectivity index (χ4n) is 3.61. The first-order valence-corrected chi connectivity index (χ1v) is 13.8. The number of carbonyl (C=O) groups is 3. The number of rotatable bonds is 8. The predicted octanol–water partition coefficient (Wildman–Crippen LogP) is 0.784. The lowest BCUT2D eigenvalue weighted by atomic mass is 10.1. The lowest BCUT2D eigenvalue weighted by Crippen LogP contribution is -2.22. The molecule has 212 valence electrons. The van der Waals surface area contributed by atoms with Crippen LogP contribution in [0.1, 0.15) is 16.1 Å². The standard InChI is InChI=1S/C23H16N4O12S2/c28-20-16(18(22(30)31)24-26(20)12-4-8-14(9-5-12)40(34,35)36)2-1-3-17-19(23(32)33)25-27(21(17)29)13-6-10-15(11-7-13)41(37,38)39/h1-11,24H,(H,30,31)(H,32,33)(H,34,35,36)(H,37,38,39)/b2-1-,17-3-. The highest BCUT2D eigenvalue weighted by Crippen LogP contribution is 2.25. The number of benzene rings is 2. The molecule has 0 bridgehead atoms. The number of aromatic nitrogens is 2. The van der Waals surface area contributed by atoms with E-state index in [4.69, 9.17) is 9.11 Å². The molecule has 41 heavy (non-hydrogen) atoms. The number of H-pyrrole nitrogens is 1. The number of hydrogen-bond donors (Lipinski definition) is 5. The molecule has 0 fully saturated rings. The van der Waals surface area contributed by atoms with E-state index in [0.29, 0.717) is 5.01 Å². The normalized spacial score (nSPS) is 15.1. The largest absolute Gasteiger partial charge is 0.477 e. The van der Waals surface area contributed by atoms with Crippen LogP contribution in [0.3, 0.4) is 0 Å². The van der Waals surface area contributed by atoms with E-state index in [9.17, 15) is 46.2 Å². The van der Waals surface area contributed by atoms with Crippen LogP contribution in [-0.2, 0) is 29.8 Å².